The van der Waals surface area contributed by atoms with E-state index in [-0.39, 0.29) is 11.8 Å². The van der Waals surface area contributed by atoms with Crippen LogP contribution in [-0.4, -0.2) is 58.9 Å². The van der Waals surface area contributed by atoms with Crippen LogP contribution in [0.3, 0.4) is 0 Å². The van der Waals surface area contributed by atoms with Crippen molar-refractivity contribution in [1.82, 2.24) is 19.8 Å². The van der Waals surface area contributed by atoms with Crippen molar-refractivity contribution in [3.8, 4) is 0 Å². The molecule has 0 saturated carbocycles. The largest absolute Gasteiger partial charge is 0.373 e. The number of anilines is 1. The molecule has 1 amide bonds. The molecule has 28 heavy (non-hydrogen) atoms. The van der Waals surface area contributed by atoms with Crippen molar-refractivity contribution >= 4 is 11.7 Å². The third kappa shape index (κ3) is 4.02. The molecule has 1 atom stereocenters. The minimum atomic E-state index is 0.140. The molecule has 0 bridgehead atoms. The predicted octanol–water partition coefficient (Wildman–Crippen LogP) is 2.45. The summed E-state index contributed by atoms with van der Waals surface area (Å²) in [6, 6.07) is 10.7. The van der Waals surface area contributed by atoms with Crippen LogP contribution in [0.5, 0.6) is 0 Å². The van der Waals surface area contributed by atoms with E-state index < -0.39 is 0 Å². The van der Waals surface area contributed by atoms with Gasteiger partial charge in [0.15, 0.2) is 0 Å². The zero-order valence-electron chi connectivity index (χ0n) is 16.8. The highest BCUT2D eigenvalue weighted by Crippen LogP contribution is 2.30. The summed E-state index contributed by atoms with van der Waals surface area (Å²) < 4.78 is 0. The molecule has 1 N–H and O–H groups in total. The molecule has 0 spiro atoms. The molecule has 1 saturated heterocycles. The van der Waals surface area contributed by atoms with Crippen molar-refractivity contribution in [2.24, 2.45) is 0 Å². The second kappa shape index (κ2) is 8.27. The van der Waals surface area contributed by atoms with Gasteiger partial charge in [-0.3, -0.25) is 9.69 Å². The van der Waals surface area contributed by atoms with E-state index >= 15 is 0 Å². The van der Waals surface area contributed by atoms with E-state index in [0.29, 0.717) is 0 Å². The van der Waals surface area contributed by atoms with Crippen LogP contribution in [0.15, 0.2) is 30.3 Å². The highest BCUT2D eigenvalue weighted by atomic mass is 16.2. The molecule has 1 aromatic heterocycles. The normalized spacial score (nSPS) is 19.5. The van der Waals surface area contributed by atoms with E-state index in [2.05, 4.69) is 40.5 Å². The van der Waals surface area contributed by atoms with Gasteiger partial charge >= 0.3 is 0 Å². The van der Waals surface area contributed by atoms with Crippen molar-refractivity contribution in [3.05, 3.63) is 53.0 Å². The van der Waals surface area contributed by atoms with Crippen LogP contribution in [0.1, 0.15) is 41.9 Å². The Kier molecular flexibility index (Phi) is 5.57. The van der Waals surface area contributed by atoms with Crippen molar-refractivity contribution in [2.45, 2.75) is 38.6 Å². The summed E-state index contributed by atoms with van der Waals surface area (Å²) in [6.07, 6.45) is 2.98. The summed E-state index contributed by atoms with van der Waals surface area (Å²) in [5.74, 6) is 2.23. The maximum Gasteiger partial charge on any atom is 0.219 e. The molecule has 0 radical (unpaired) electrons. The Morgan fingerprint density at radius 2 is 2.04 bits per heavy atom. The SMILES string of the molecule is CNc1nc([C@H]2CCN(C(C)=O)C2)nc2c1CCN(CCc1ccccc1)C2. The highest BCUT2D eigenvalue weighted by molar-refractivity contribution is 5.73. The average Bonchev–Trinajstić information content (AvgIpc) is 3.22. The lowest BCUT2D eigenvalue weighted by Gasteiger charge is -2.29. The molecular weight excluding hydrogens is 350 g/mol. The van der Waals surface area contributed by atoms with E-state index in [1.54, 1.807) is 6.92 Å². The van der Waals surface area contributed by atoms with Crippen molar-refractivity contribution in [3.63, 3.8) is 0 Å². The molecule has 0 unspecified atom stereocenters. The number of carbonyl (C=O) groups is 1. The van der Waals surface area contributed by atoms with Gasteiger partial charge in [-0.2, -0.15) is 0 Å². The van der Waals surface area contributed by atoms with Gasteiger partial charge in [0.05, 0.1) is 5.69 Å². The number of nitrogens with zero attached hydrogens (tertiary/aromatic N) is 4. The van der Waals surface area contributed by atoms with E-state index in [0.717, 1.165) is 69.3 Å². The fourth-order valence-electron chi connectivity index (χ4n) is 4.27. The molecule has 6 heteroatoms. The summed E-state index contributed by atoms with van der Waals surface area (Å²) in [7, 11) is 1.94. The summed E-state index contributed by atoms with van der Waals surface area (Å²) >= 11 is 0. The Morgan fingerprint density at radius 3 is 2.75 bits per heavy atom. The summed E-state index contributed by atoms with van der Waals surface area (Å²) in [4.78, 5) is 25.9. The standard InChI is InChI=1S/C22H29N5O/c1-16(28)27-13-9-18(14-27)21-24-20-15-26(11-8-17-6-4-3-5-7-17)12-10-19(20)22(23-2)25-21/h3-7,18H,8-15H2,1-2H3,(H,23,24,25)/t18-/m0/s1. The van der Waals surface area contributed by atoms with Gasteiger partial charge in [0.2, 0.25) is 5.91 Å². The van der Waals surface area contributed by atoms with E-state index in [9.17, 15) is 4.79 Å². The lowest BCUT2D eigenvalue weighted by atomic mass is 10.0. The molecule has 4 rings (SSSR count). The maximum absolute atomic E-state index is 11.7. The predicted molar refractivity (Wildman–Crippen MR) is 110 cm³/mol. The number of nitrogens with one attached hydrogen (secondary N) is 1. The number of hydrogen-bond acceptors (Lipinski definition) is 5. The zero-order chi connectivity index (χ0) is 19.5. The third-order valence-corrected chi connectivity index (χ3v) is 5.96. The number of benzene rings is 1. The lowest BCUT2D eigenvalue weighted by molar-refractivity contribution is -0.127. The van der Waals surface area contributed by atoms with Crippen LogP contribution in [-0.2, 0) is 24.2 Å². The van der Waals surface area contributed by atoms with E-state index in [1.165, 1.54) is 11.1 Å². The third-order valence-electron chi connectivity index (χ3n) is 5.96. The maximum atomic E-state index is 11.7. The Balaban J connectivity index is 1.49. The van der Waals surface area contributed by atoms with Crippen LogP contribution in [0.4, 0.5) is 5.82 Å². The Morgan fingerprint density at radius 1 is 1.21 bits per heavy atom. The monoisotopic (exact) mass is 379 g/mol. The van der Waals surface area contributed by atoms with Gasteiger partial charge in [-0.1, -0.05) is 30.3 Å². The minimum absolute atomic E-state index is 0.140. The van der Waals surface area contributed by atoms with Gasteiger partial charge < -0.3 is 10.2 Å². The number of likely N-dealkylation sites (tertiary alicyclic amines) is 1. The first-order valence-corrected chi connectivity index (χ1v) is 10.2. The van der Waals surface area contributed by atoms with Gasteiger partial charge in [0, 0.05) is 58.2 Å². The average molecular weight is 380 g/mol. The number of amides is 1. The zero-order valence-corrected chi connectivity index (χ0v) is 16.8. The van der Waals surface area contributed by atoms with E-state index in [1.807, 2.05) is 11.9 Å². The van der Waals surface area contributed by atoms with Gasteiger partial charge in [-0.25, -0.2) is 9.97 Å². The number of aromatic nitrogens is 2. The van der Waals surface area contributed by atoms with Gasteiger partial charge in [0.1, 0.15) is 11.6 Å². The molecule has 6 nitrogen and oxygen atoms in total. The molecule has 1 fully saturated rings. The first-order chi connectivity index (χ1) is 13.6. The van der Waals surface area contributed by atoms with Crippen molar-refractivity contribution < 1.29 is 4.79 Å². The first kappa shape index (κ1) is 18.9. The molecule has 148 valence electrons. The van der Waals surface area contributed by atoms with Gasteiger partial charge in [-0.15, -0.1) is 0 Å². The lowest BCUT2D eigenvalue weighted by Crippen LogP contribution is -2.34. The molecule has 2 aliphatic heterocycles. The second-order valence-electron chi connectivity index (χ2n) is 7.82. The van der Waals surface area contributed by atoms with Gasteiger partial charge in [-0.05, 0) is 24.8 Å². The number of carbonyl (C=O) groups excluding carboxylic acids is 1. The van der Waals surface area contributed by atoms with Crippen LogP contribution in [0.25, 0.3) is 0 Å². The van der Waals surface area contributed by atoms with Crippen molar-refractivity contribution in [1.29, 1.82) is 0 Å². The summed E-state index contributed by atoms with van der Waals surface area (Å²) in [5, 5.41) is 3.28. The number of rotatable bonds is 5. The second-order valence-corrected chi connectivity index (χ2v) is 7.82. The van der Waals surface area contributed by atoms with Gasteiger partial charge in [0.25, 0.3) is 0 Å². The quantitative estimate of drug-likeness (QED) is 0.865. The fourth-order valence-corrected chi connectivity index (χ4v) is 4.27. The van der Waals surface area contributed by atoms with Crippen LogP contribution in [0.2, 0.25) is 0 Å². The van der Waals surface area contributed by atoms with Crippen LogP contribution < -0.4 is 5.32 Å². The van der Waals surface area contributed by atoms with E-state index in [4.69, 9.17) is 9.97 Å². The molecule has 2 aromatic rings. The van der Waals surface area contributed by atoms with Crippen LogP contribution in [0, 0.1) is 0 Å². The molecule has 2 aliphatic rings. The first-order valence-electron chi connectivity index (χ1n) is 10.2. The van der Waals surface area contributed by atoms with Crippen molar-refractivity contribution in [2.75, 3.05) is 38.5 Å². The molecule has 0 aliphatic carbocycles. The number of hydrogen-bond donors (Lipinski definition) is 1. The minimum Gasteiger partial charge on any atom is -0.373 e. The summed E-state index contributed by atoms with van der Waals surface area (Å²) in [5.41, 5.74) is 3.78. The molecule has 3 heterocycles. The number of fused-ring (bicyclic) bond motifs is 1. The van der Waals surface area contributed by atoms with Crippen LogP contribution >= 0.6 is 0 Å². The smallest absolute Gasteiger partial charge is 0.219 e. The highest BCUT2D eigenvalue weighted by Gasteiger charge is 2.30. The molecular formula is C22H29N5O. The molecule has 1 aromatic carbocycles. The topological polar surface area (TPSA) is 61.4 Å². The Hall–Kier alpha value is -2.47. The Bertz CT molecular complexity index is 838. The Labute approximate surface area is 167 Å². The summed E-state index contributed by atoms with van der Waals surface area (Å²) in [6.45, 7) is 6.13. The fraction of sp³-hybridized carbons (Fsp3) is 0.500.